The zero-order chi connectivity index (χ0) is 13.6. The molecule has 3 nitrogen and oxygen atoms in total. The maximum Gasteiger partial charge on any atom is 0.405 e. The first kappa shape index (κ1) is 14.8. The van der Waals surface area contributed by atoms with E-state index in [1.807, 2.05) is 0 Å². The number of carbonyl (C=O) groups is 1. The predicted molar refractivity (Wildman–Crippen MR) is 62.2 cm³/mol. The predicted octanol–water partition coefficient (Wildman–Crippen LogP) is 1.95. The molecular weight excluding hydrogens is 267 g/mol. The molecule has 1 rings (SSSR count). The van der Waals surface area contributed by atoms with Crippen molar-refractivity contribution in [2.75, 3.05) is 12.3 Å². The molecule has 1 aromatic rings. The summed E-state index contributed by atoms with van der Waals surface area (Å²) >= 11 is 1.12. The normalized spacial score (nSPS) is 11.3. The number of amides is 1. The molecule has 0 saturated carbocycles. The largest absolute Gasteiger partial charge is 0.405 e. The lowest BCUT2D eigenvalue weighted by Crippen LogP contribution is -2.34. The molecule has 0 unspecified atom stereocenters. The molecule has 0 atom stereocenters. The molecular formula is C11H12F3NO2S. The Bertz CT molecular complexity index is 410. The number of hydrogen-bond donors (Lipinski definition) is 2. The molecule has 1 aromatic carbocycles. The fourth-order valence-corrected chi connectivity index (χ4v) is 1.94. The minimum absolute atomic E-state index is 0.0923. The molecule has 100 valence electrons. The molecule has 0 radical (unpaired) electrons. The Morgan fingerprint density at radius 3 is 2.72 bits per heavy atom. The van der Waals surface area contributed by atoms with Crippen LogP contribution in [0.4, 0.5) is 13.2 Å². The lowest BCUT2D eigenvalue weighted by atomic mass is 10.2. The summed E-state index contributed by atoms with van der Waals surface area (Å²) in [6, 6.07) is 6.83. The van der Waals surface area contributed by atoms with Gasteiger partial charge < -0.3 is 10.4 Å². The Balaban J connectivity index is 2.38. The molecule has 0 heterocycles. The van der Waals surface area contributed by atoms with Gasteiger partial charge in [0, 0.05) is 4.90 Å². The molecule has 18 heavy (non-hydrogen) atoms. The van der Waals surface area contributed by atoms with E-state index in [-0.39, 0.29) is 12.4 Å². The zero-order valence-electron chi connectivity index (χ0n) is 9.33. The molecule has 0 aliphatic heterocycles. The Hall–Kier alpha value is -1.21. The highest BCUT2D eigenvalue weighted by Crippen LogP contribution is 2.19. The van der Waals surface area contributed by atoms with E-state index in [1.54, 1.807) is 29.6 Å². The van der Waals surface area contributed by atoms with E-state index in [0.717, 1.165) is 16.7 Å². The van der Waals surface area contributed by atoms with E-state index in [0.29, 0.717) is 5.56 Å². The van der Waals surface area contributed by atoms with E-state index in [9.17, 15) is 18.0 Å². The van der Waals surface area contributed by atoms with Crippen LogP contribution in [0.2, 0.25) is 0 Å². The second kappa shape index (κ2) is 6.65. The summed E-state index contributed by atoms with van der Waals surface area (Å²) in [4.78, 5) is 11.9. The van der Waals surface area contributed by atoms with Gasteiger partial charge in [-0.05, 0) is 17.7 Å². The van der Waals surface area contributed by atoms with Crippen LogP contribution in [-0.2, 0) is 11.4 Å². The highest BCUT2D eigenvalue weighted by atomic mass is 32.2. The van der Waals surface area contributed by atoms with Crippen LogP contribution < -0.4 is 5.32 Å². The molecule has 0 aromatic heterocycles. The Morgan fingerprint density at radius 2 is 2.11 bits per heavy atom. The van der Waals surface area contributed by atoms with Crippen LogP contribution in [0, 0.1) is 0 Å². The molecule has 1 amide bonds. The van der Waals surface area contributed by atoms with Gasteiger partial charge in [0.25, 0.3) is 0 Å². The Morgan fingerprint density at radius 1 is 1.39 bits per heavy atom. The number of aliphatic hydroxyl groups is 1. The number of nitrogens with one attached hydrogen (secondary N) is 1. The van der Waals surface area contributed by atoms with Crippen molar-refractivity contribution < 1.29 is 23.1 Å². The first-order chi connectivity index (χ1) is 8.40. The van der Waals surface area contributed by atoms with Gasteiger partial charge in [-0.25, -0.2) is 0 Å². The van der Waals surface area contributed by atoms with Gasteiger partial charge in [0.1, 0.15) is 6.54 Å². The van der Waals surface area contributed by atoms with Crippen molar-refractivity contribution in [2.45, 2.75) is 17.7 Å². The van der Waals surface area contributed by atoms with Crippen LogP contribution in [-0.4, -0.2) is 29.5 Å². The first-order valence-corrected chi connectivity index (χ1v) is 6.05. The average Bonchev–Trinajstić information content (AvgIpc) is 2.33. The lowest BCUT2D eigenvalue weighted by molar-refractivity contribution is -0.136. The lowest BCUT2D eigenvalue weighted by Gasteiger charge is -2.08. The van der Waals surface area contributed by atoms with Crippen molar-refractivity contribution in [3.8, 4) is 0 Å². The Kier molecular flexibility index (Phi) is 5.49. The van der Waals surface area contributed by atoms with Gasteiger partial charge in [-0.3, -0.25) is 4.79 Å². The standard InChI is InChI=1S/C11H12F3NO2S/c12-11(13,14)7-15-10(17)6-18-9-3-1-2-8(4-9)5-16/h1-4,16H,5-7H2,(H,15,17). The third kappa shape index (κ3) is 5.92. The van der Waals surface area contributed by atoms with Crippen LogP contribution in [0.1, 0.15) is 5.56 Å². The van der Waals surface area contributed by atoms with Crippen molar-refractivity contribution in [1.82, 2.24) is 5.32 Å². The van der Waals surface area contributed by atoms with E-state index in [4.69, 9.17) is 5.11 Å². The average molecular weight is 279 g/mol. The number of aliphatic hydroxyl groups excluding tert-OH is 1. The monoisotopic (exact) mass is 279 g/mol. The van der Waals surface area contributed by atoms with Crippen molar-refractivity contribution in [1.29, 1.82) is 0 Å². The number of carbonyl (C=O) groups excluding carboxylic acids is 1. The summed E-state index contributed by atoms with van der Waals surface area (Å²) in [6.07, 6.45) is -4.39. The SMILES string of the molecule is O=C(CSc1cccc(CO)c1)NCC(F)(F)F. The fourth-order valence-electron chi connectivity index (χ4n) is 1.13. The second-order valence-electron chi connectivity index (χ2n) is 3.49. The van der Waals surface area contributed by atoms with E-state index in [2.05, 4.69) is 0 Å². The molecule has 0 bridgehead atoms. The number of thioether (sulfide) groups is 1. The van der Waals surface area contributed by atoms with Crippen molar-refractivity contribution in [2.24, 2.45) is 0 Å². The summed E-state index contributed by atoms with van der Waals surface area (Å²) in [7, 11) is 0. The van der Waals surface area contributed by atoms with Gasteiger partial charge in [0.15, 0.2) is 0 Å². The molecule has 0 spiro atoms. The molecule has 2 N–H and O–H groups in total. The summed E-state index contributed by atoms with van der Waals surface area (Å²) in [5.41, 5.74) is 0.690. The number of benzene rings is 1. The van der Waals surface area contributed by atoms with Gasteiger partial charge in [0.2, 0.25) is 5.91 Å². The van der Waals surface area contributed by atoms with Crippen molar-refractivity contribution >= 4 is 17.7 Å². The third-order valence-corrected chi connectivity index (χ3v) is 2.93. The van der Waals surface area contributed by atoms with Crippen LogP contribution in [0.15, 0.2) is 29.2 Å². The van der Waals surface area contributed by atoms with Crippen LogP contribution in [0.25, 0.3) is 0 Å². The molecule has 0 aliphatic carbocycles. The number of rotatable bonds is 5. The number of halogens is 3. The summed E-state index contributed by atoms with van der Waals surface area (Å²) < 4.78 is 35.5. The van der Waals surface area contributed by atoms with Gasteiger partial charge in [-0.1, -0.05) is 12.1 Å². The number of hydrogen-bond acceptors (Lipinski definition) is 3. The molecule has 7 heteroatoms. The van der Waals surface area contributed by atoms with Gasteiger partial charge in [-0.2, -0.15) is 13.2 Å². The molecule has 0 fully saturated rings. The van der Waals surface area contributed by atoms with Crippen LogP contribution in [0.5, 0.6) is 0 Å². The van der Waals surface area contributed by atoms with Crippen LogP contribution in [0.3, 0.4) is 0 Å². The number of alkyl halides is 3. The summed E-state index contributed by atoms with van der Waals surface area (Å²) in [5, 5.41) is 10.7. The highest BCUT2D eigenvalue weighted by Gasteiger charge is 2.27. The van der Waals surface area contributed by atoms with Crippen LogP contribution >= 0.6 is 11.8 Å². The second-order valence-corrected chi connectivity index (χ2v) is 4.53. The quantitative estimate of drug-likeness (QED) is 0.810. The van der Waals surface area contributed by atoms with Gasteiger partial charge in [-0.15, -0.1) is 11.8 Å². The summed E-state index contributed by atoms with van der Waals surface area (Å²) in [5.74, 6) is -0.767. The minimum Gasteiger partial charge on any atom is -0.392 e. The first-order valence-electron chi connectivity index (χ1n) is 5.07. The zero-order valence-corrected chi connectivity index (χ0v) is 10.1. The summed E-state index contributed by atoms with van der Waals surface area (Å²) in [6.45, 7) is -1.43. The molecule has 0 aliphatic rings. The maximum absolute atomic E-state index is 11.8. The molecule has 0 saturated heterocycles. The van der Waals surface area contributed by atoms with Gasteiger partial charge in [0.05, 0.1) is 12.4 Å². The topological polar surface area (TPSA) is 49.3 Å². The van der Waals surface area contributed by atoms with E-state index >= 15 is 0 Å². The Labute approximate surface area is 106 Å². The van der Waals surface area contributed by atoms with Gasteiger partial charge >= 0.3 is 6.18 Å². The highest BCUT2D eigenvalue weighted by molar-refractivity contribution is 8.00. The third-order valence-electron chi connectivity index (χ3n) is 1.94. The van der Waals surface area contributed by atoms with E-state index in [1.165, 1.54) is 0 Å². The van der Waals surface area contributed by atoms with Crippen molar-refractivity contribution in [3.05, 3.63) is 29.8 Å². The minimum atomic E-state index is -4.39. The smallest absolute Gasteiger partial charge is 0.392 e. The maximum atomic E-state index is 11.8. The fraction of sp³-hybridized carbons (Fsp3) is 0.364. The van der Waals surface area contributed by atoms with E-state index < -0.39 is 18.6 Å². The van der Waals surface area contributed by atoms with Crippen molar-refractivity contribution in [3.63, 3.8) is 0 Å².